The first-order valence-electron chi connectivity index (χ1n) is 7.46. The lowest BCUT2D eigenvalue weighted by atomic mass is 10.1. The van der Waals surface area contributed by atoms with Crippen LogP contribution >= 0.6 is 0 Å². The van der Waals surface area contributed by atoms with E-state index < -0.39 is 0 Å². The molecule has 0 aliphatic carbocycles. The zero-order chi connectivity index (χ0) is 14.7. The van der Waals surface area contributed by atoms with Crippen molar-refractivity contribution in [2.45, 2.75) is 18.9 Å². The molecule has 8 nitrogen and oxygen atoms in total. The molecule has 0 bridgehead atoms. The molecule has 0 saturated carbocycles. The lowest BCUT2D eigenvalue weighted by Gasteiger charge is -2.31. The molecule has 2 N–H and O–H groups in total. The van der Waals surface area contributed by atoms with Crippen LogP contribution in [-0.4, -0.2) is 72.6 Å². The van der Waals surface area contributed by atoms with E-state index in [1.807, 2.05) is 4.90 Å². The molecule has 1 atom stereocenters. The fourth-order valence-corrected chi connectivity index (χ4v) is 2.65. The molecule has 0 amide bonds. The molecule has 3 heterocycles. The highest BCUT2D eigenvalue weighted by atomic mass is 16.5. The first-order valence-corrected chi connectivity index (χ1v) is 7.46. The summed E-state index contributed by atoms with van der Waals surface area (Å²) < 4.78 is 5.37. The SMILES string of the molecule is CNc1nc(N2CCOCC2)nc(N2CCCC(O)C2)n1. The summed E-state index contributed by atoms with van der Waals surface area (Å²) in [7, 11) is 1.80. The quantitative estimate of drug-likeness (QED) is 0.786. The minimum absolute atomic E-state index is 0.305. The second-order valence-corrected chi connectivity index (χ2v) is 5.35. The summed E-state index contributed by atoms with van der Waals surface area (Å²) in [6, 6.07) is 0. The van der Waals surface area contributed by atoms with Crippen LogP contribution in [0.15, 0.2) is 0 Å². The number of β-amino-alcohol motifs (C(OH)–C–C–N with tert-alkyl or cyclic N) is 1. The average Bonchev–Trinajstić information content (AvgIpc) is 2.55. The van der Waals surface area contributed by atoms with Gasteiger partial charge in [-0.25, -0.2) is 0 Å². The predicted octanol–water partition coefficient (Wildman–Crippen LogP) is -0.289. The number of aliphatic hydroxyl groups excluding tert-OH is 1. The number of ether oxygens (including phenoxy) is 1. The molecule has 1 unspecified atom stereocenters. The number of nitrogens with zero attached hydrogens (tertiary/aromatic N) is 5. The van der Waals surface area contributed by atoms with E-state index >= 15 is 0 Å². The van der Waals surface area contributed by atoms with Crippen LogP contribution in [0.3, 0.4) is 0 Å². The second kappa shape index (κ2) is 6.40. The van der Waals surface area contributed by atoms with Crippen LogP contribution < -0.4 is 15.1 Å². The van der Waals surface area contributed by atoms with Gasteiger partial charge >= 0.3 is 0 Å². The highest BCUT2D eigenvalue weighted by Crippen LogP contribution is 2.20. The Hall–Kier alpha value is -1.67. The fraction of sp³-hybridized carbons (Fsp3) is 0.769. The minimum Gasteiger partial charge on any atom is -0.391 e. The third-order valence-electron chi connectivity index (χ3n) is 3.81. The summed E-state index contributed by atoms with van der Waals surface area (Å²) in [6.07, 6.45) is 1.49. The predicted molar refractivity (Wildman–Crippen MR) is 79.9 cm³/mol. The Kier molecular flexibility index (Phi) is 4.35. The monoisotopic (exact) mass is 294 g/mol. The largest absolute Gasteiger partial charge is 0.391 e. The van der Waals surface area contributed by atoms with Gasteiger partial charge in [-0.1, -0.05) is 0 Å². The van der Waals surface area contributed by atoms with Gasteiger partial charge in [0.2, 0.25) is 17.8 Å². The topological polar surface area (TPSA) is 86.6 Å². The Morgan fingerprint density at radius 1 is 1.10 bits per heavy atom. The number of morpholine rings is 1. The summed E-state index contributed by atoms with van der Waals surface area (Å²) in [5.41, 5.74) is 0. The van der Waals surface area contributed by atoms with Crippen molar-refractivity contribution >= 4 is 17.8 Å². The maximum absolute atomic E-state index is 9.83. The number of hydrogen-bond donors (Lipinski definition) is 2. The van der Waals surface area contributed by atoms with E-state index in [1.54, 1.807) is 7.05 Å². The van der Waals surface area contributed by atoms with Gasteiger partial charge in [0.1, 0.15) is 0 Å². The summed E-state index contributed by atoms with van der Waals surface area (Å²) in [6.45, 7) is 4.41. The highest BCUT2D eigenvalue weighted by Gasteiger charge is 2.23. The number of hydrogen-bond acceptors (Lipinski definition) is 8. The van der Waals surface area contributed by atoms with Gasteiger partial charge in [0, 0.05) is 33.2 Å². The maximum atomic E-state index is 9.83. The van der Waals surface area contributed by atoms with Crippen LogP contribution in [0.5, 0.6) is 0 Å². The minimum atomic E-state index is -0.305. The molecule has 2 saturated heterocycles. The molecule has 116 valence electrons. The van der Waals surface area contributed by atoms with Crippen molar-refractivity contribution in [3.63, 3.8) is 0 Å². The first-order chi connectivity index (χ1) is 10.3. The lowest BCUT2D eigenvalue weighted by molar-refractivity contribution is 0.122. The van der Waals surface area contributed by atoms with Gasteiger partial charge in [-0.15, -0.1) is 0 Å². The lowest BCUT2D eigenvalue weighted by Crippen LogP contribution is -2.41. The van der Waals surface area contributed by atoms with Crippen molar-refractivity contribution in [3.8, 4) is 0 Å². The van der Waals surface area contributed by atoms with Crippen LogP contribution in [0.2, 0.25) is 0 Å². The Morgan fingerprint density at radius 3 is 2.48 bits per heavy atom. The summed E-state index contributed by atoms with van der Waals surface area (Å²) in [4.78, 5) is 17.6. The van der Waals surface area contributed by atoms with Gasteiger partial charge in [0.05, 0.1) is 19.3 Å². The van der Waals surface area contributed by atoms with Crippen LogP contribution in [0.25, 0.3) is 0 Å². The van der Waals surface area contributed by atoms with Crippen molar-refractivity contribution < 1.29 is 9.84 Å². The number of nitrogens with one attached hydrogen (secondary N) is 1. The van der Waals surface area contributed by atoms with Crippen molar-refractivity contribution in [1.29, 1.82) is 0 Å². The Balaban J connectivity index is 1.85. The molecule has 0 radical (unpaired) electrons. The van der Waals surface area contributed by atoms with Gasteiger partial charge in [0.25, 0.3) is 0 Å². The zero-order valence-corrected chi connectivity index (χ0v) is 12.3. The Morgan fingerprint density at radius 2 is 1.81 bits per heavy atom. The fourth-order valence-electron chi connectivity index (χ4n) is 2.65. The third kappa shape index (κ3) is 3.33. The molecule has 21 heavy (non-hydrogen) atoms. The normalized spacial score (nSPS) is 23.2. The van der Waals surface area contributed by atoms with Gasteiger partial charge < -0.3 is 25.0 Å². The molecular weight excluding hydrogens is 272 g/mol. The van der Waals surface area contributed by atoms with E-state index in [0.29, 0.717) is 37.6 Å². The van der Waals surface area contributed by atoms with Crippen LogP contribution in [-0.2, 0) is 4.74 Å². The average molecular weight is 294 g/mol. The van der Waals surface area contributed by atoms with Gasteiger partial charge in [-0.3, -0.25) is 0 Å². The molecule has 3 rings (SSSR count). The summed E-state index contributed by atoms with van der Waals surface area (Å²) >= 11 is 0. The van der Waals surface area contributed by atoms with Crippen molar-refractivity contribution in [1.82, 2.24) is 15.0 Å². The molecule has 0 aromatic carbocycles. The molecule has 8 heteroatoms. The Labute approximate surface area is 124 Å². The van der Waals surface area contributed by atoms with Gasteiger partial charge in [0.15, 0.2) is 0 Å². The van der Waals surface area contributed by atoms with Crippen molar-refractivity contribution in [2.24, 2.45) is 0 Å². The standard InChI is InChI=1S/C13H22N6O2/c1-14-11-15-12(18-5-7-21-8-6-18)17-13(16-11)19-4-2-3-10(20)9-19/h10,20H,2-9H2,1H3,(H,14,15,16,17). The molecule has 1 aromatic rings. The molecule has 1 aromatic heterocycles. The van der Waals surface area contributed by atoms with E-state index in [9.17, 15) is 5.11 Å². The summed E-state index contributed by atoms with van der Waals surface area (Å²) in [5, 5.41) is 12.8. The van der Waals surface area contributed by atoms with E-state index in [-0.39, 0.29) is 6.10 Å². The van der Waals surface area contributed by atoms with E-state index in [1.165, 1.54) is 0 Å². The van der Waals surface area contributed by atoms with Crippen LogP contribution in [0, 0.1) is 0 Å². The first kappa shape index (κ1) is 14.3. The zero-order valence-electron chi connectivity index (χ0n) is 12.3. The Bertz CT molecular complexity index is 480. The molecule has 2 fully saturated rings. The molecule has 2 aliphatic heterocycles. The number of rotatable bonds is 3. The van der Waals surface area contributed by atoms with Crippen LogP contribution in [0.1, 0.15) is 12.8 Å². The van der Waals surface area contributed by atoms with Crippen molar-refractivity contribution in [3.05, 3.63) is 0 Å². The van der Waals surface area contributed by atoms with Gasteiger partial charge in [-0.2, -0.15) is 15.0 Å². The van der Waals surface area contributed by atoms with E-state index in [4.69, 9.17) is 4.74 Å². The van der Waals surface area contributed by atoms with E-state index in [0.717, 1.165) is 32.5 Å². The number of anilines is 3. The number of aromatic nitrogens is 3. The molecular formula is C13H22N6O2. The summed E-state index contributed by atoms with van der Waals surface area (Å²) in [5.74, 6) is 1.86. The number of piperidine rings is 1. The number of aliphatic hydroxyl groups is 1. The van der Waals surface area contributed by atoms with E-state index in [2.05, 4.69) is 25.2 Å². The third-order valence-corrected chi connectivity index (χ3v) is 3.81. The highest BCUT2D eigenvalue weighted by molar-refractivity contribution is 5.45. The molecule has 0 spiro atoms. The second-order valence-electron chi connectivity index (χ2n) is 5.35. The molecule has 2 aliphatic rings. The maximum Gasteiger partial charge on any atom is 0.232 e. The van der Waals surface area contributed by atoms with Gasteiger partial charge in [-0.05, 0) is 12.8 Å². The van der Waals surface area contributed by atoms with Crippen molar-refractivity contribution in [2.75, 3.05) is 61.6 Å². The smallest absolute Gasteiger partial charge is 0.232 e. The van der Waals surface area contributed by atoms with Crippen LogP contribution in [0.4, 0.5) is 17.8 Å².